The lowest BCUT2D eigenvalue weighted by atomic mass is 10.3. The molecule has 0 saturated heterocycles. The molecule has 86 valence electrons. The Morgan fingerprint density at radius 2 is 1.75 bits per heavy atom. The summed E-state index contributed by atoms with van der Waals surface area (Å²) in [5.41, 5.74) is 0. The first-order valence-corrected chi connectivity index (χ1v) is 5.68. The van der Waals surface area contributed by atoms with E-state index in [9.17, 15) is 9.59 Å². The molecule has 0 aliphatic heterocycles. The first-order chi connectivity index (χ1) is 7.75. The van der Waals surface area contributed by atoms with Crippen LogP contribution in [-0.2, 0) is 19.1 Å². The normalized spacial score (nSPS) is 19.8. The smallest absolute Gasteiger partial charge is 0.387 e. The average Bonchev–Trinajstić information content (AvgIpc) is 2.99. The third-order valence-electron chi connectivity index (χ3n) is 2.79. The maximum absolute atomic E-state index is 11.2. The largest absolute Gasteiger partial charge is 0.453 e. The van der Waals surface area contributed by atoms with Crippen molar-refractivity contribution in [3.8, 4) is 12.0 Å². The zero-order valence-electron chi connectivity index (χ0n) is 9.03. The van der Waals surface area contributed by atoms with Gasteiger partial charge in [-0.3, -0.25) is 4.79 Å². The van der Waals surface area contributed by atoms with Crippen molar-refractivity contribution in [1.29, 1.82) is 0 Å². The van der Waals surface area contributed by atoms with Crippen LogP contribution in [0.15, 0.2) is 0 Å². The SMILES string of the molecule is O=C(C#COC(=O)C1CC1)OC1CCCC1. The van der Waals surface area contributed by atoms with Crippen LogP contribution in [0.2, 0.25) is 0 Å². The summed E-state index contributed by atoms with van der Waals surface area (Å²) >= 11 is 0. The fourth-order valence-corrected chi connectivity index (χ4v) is 1.71. The van der Waals surface area contributed by atoms with Crippen LogP contribution < -0.4 is 0 Å². The van der Waals surface area contributed by atoms with Gasteiger partial charge in [0.05, 0.1) is 11.8 Å². The van der Waals surface area contributed by atoms with Gasteiger partial charge in [0, 0.05) is 0 Å². The van der Waals surface area contributed by atoms with Gasteiger partial charge in [-0.2, -0.15) is 0 Å². The second kappa shape index (κ2) is 5.02. The molecule has 0 N–H and O–H groups in total. The highest BCUT2D eigenvalue weighted by Gasteiger charge is 2.31. The topological polar surface area (TPSA) is 52.6 Å². The molecule has 16 heavy (non-hydrogen) atoms. The number of esters is 2. The highest BCUT2D eigenvalue weighted by Crippen LogP contribution is 2.29. The zero-order valence-corrected chi connectivity index (χ0v) is 9.03. The lowest BCUT2D eigenvalue weighted by molar-refractivity contribution is -0.141. The molecule has 0 heterocycles. The van der Waals surface area contributed by atoms with Gasteiger partial charge < -0.3 is 9.47 Å². The number of carbonyl (C=O) groups excluding carboxylic acids is 2. The maximum atomic E-state index is 11.2. The summed E-state index contributed by atoms with van der Waals surface area (Å²) in [6, 6.07) is 0. The van der Waals surface area contributed by atoms with E-state index in [1.54, 1.807) is 0 Å². The van der Waals surface area contributed by atoms with Gasteiger partial charge in [-0.15, -0.1) is 0 Å². The minimum Gasteiger partial charge on any atom is -0.453 e. The molecule has 2 aliphatic rings. The average molecular weight is 222 g/mol. The minimum absolute atomic E-state index is 0.000141. The fraction of sp³-hybridized carbons (Fsp3) is 0.667. The molecular formula is C12H14O4. The van der Waals surface area contributed by atoms with Crippen molar-refractivity contribution in [2.24, 2.45) is 5.92 Å². The van der Waals surface area contributed by atoms with E-state index in [0.717, 1.165) is 38.5 Å². The van der Waals surface area contributed by atoms with Gasteiger partial charge in [0.15, 0.2) is 0 Å². The Balaban J connectivity index is 1.68. The Kier molecular flexibility index (Phi) is 3.45. The Morgan fingerprint density at radius 3 is 2.38 bits per heavy atom. The van der Waals surface area contributed by atoms with Crippen LogP contribution in [0, 0.1) is 17.9 Å². The summed E-state index contributed by atoms with van der Waals surface area (Å²) < 4.78 is 9.67. The van der Waals surface area contributed by atoms with Gasteiger partial charge in [0.25, 0.3) is 0 Å². The monoisotopic (exact) mass is 222 g/mol. The Morgan fingerprint density at radius 1 is 1.06 bits per heavy atom. The van der Waals surface area contributed by atoms with Crippen molar-refractivity contribution in [3.05, 3.63) is 0 Å². The highest BCUT2D eigenvalue weighted by atomic mass is 16.5. The van der Waals surface area contributed by atoms with Crippen LogP contribution in [0.4, 0.5) is 0 Å². The quantitative estimate of drug-likeness (QED) is 0.523. The van der Waals surface area contributed by atoms with Gasteiger partial charge in [-0.25, -0.2) is 4.79 Å². The van der Waals surface area contributed by atoms with Crippen molar-refractivity contribution in [3.63, 3.8) is 0 Å². The number of ether oxygens (including phenoxy) is 2. The second-order valence-electron chi connectivity index (χ2n) is 4.23. The van der Waals surface area contributed by atoms with Crippen LogP contribution in [0.1, 0.15) is 38.5 Å². The third-order valence-corrected chi connectivity index (χ3v) is 2.79. The summed E-state index contributed by atoms with van der Waals surface area (Å²) in [5, 5.41) is 0. The van der Waals surface area contributed by atoms with Gasteiger partial charge in [-0.05, 0) is 38.5 Å². The minimum atomic E-state index is -0.601. The van der Waals surface area contributed by atoms with Crippen molar-refractivity contribution < 1.29 is 19.1 Å². The van der Waals surface area contributed by atoms with E-state index < -0.39 is 5.97 Å². The van der Waals surface area contributed by atoms with Gasteiger partial charge >= 0.3 is 11.9 Å². The standard InChI is InChI=1S/C12H14O4/c13-11(16-10-3-1-2-4-10)7-8-15-12(14)9-5-6-9/h9-10H,1-6H2. The van der Waals surface area contributed by atoms with E-state index in [4.69, 9.17) is 4.74 Å². The maximum Gasteiger partial charge on any atom is 0.387 e. The molecule has 4 heteroatoms. The number of hydrogen-bond acceptors (Lipinski definition) is 4. The molecule has 2 fully saturated rings. The van der Waals surface area contributed by atoms with Gasteiger partial charge in [0.1, 0.15) is 12.2 Å². The third kappa shape index (κ3) is 3.27. The zero-order chi connectivity index (χ0) is 11.4. The fourth-order valence-electron chi connectivity index (χ4n) is 1.71. The Bertz CT molecular complexity index is 340. The highest BCUT2D eigenvalue weighted by molar-refractivity contribution is 5.88. The second-order valence-corrected chi connectivity index (χ2v) is 4.23. The Labute approximate surface area is 94.3 Å². The molecule has 0 spiro atoms. The van der Waals surface area contributed by atoms with E-state index in [-0.39, 0.29) is 18.0 Å². The predicted molar refractivity (Wildman–Crippen MR) is 54.9 cm³/mol. The van der Waals surface area contributed by atoms with Crippen molar-refractivity contribution in [1.82, 2.24) is 0 Å². The van der Waals surface area contributed by atoms with Crippen LogP contribution in [0.3, 0.4) is 0 Å². The van der Waals surface area contributed by atoms with Crippen LogP contribution >= 0.6 is 0 Å². The number of hydrogen-bond donors (Lipinski definition) is 0. The Hall–Kier alpha value is -1.50. The molecule has 4 nitrogen and oxygen atoms in total. The molecule has 0 bridgehead atoms. The molecule has 0 unspecified atom stereocenters. The number of rotatable bonds is 2. The molecule has 0 aromatic heterocycles. The first-order valence-electron chi connectivity index (χ1n) is 5.68. The summed E-state index contributed by atoms with van der Waals surface area (Å²) in [4.78, 5) is 22.2. The van der Waals surface area contributed by atoms with Gasteiger partial charge in [-0.1, -0.05) is 0 Å². The molecule has 0 aromatic rings. The molecule has 0 radical (unpaired) electrons. The molecule has 2 aliphatic carbocycles. The van der Waals surface area contributed by atoms with E-state index >= 15 is 0 Å². The van der Waals surface area contributed by atoms with E-state index in [1.807, 2.05) is 0 Å². The molecular weight excluding hydrogens is 208 g/mol. The summed E-state index contributed by atoms with van der Waals surface area (Å²) in [6.45, 7) is 0. The van der Waals surface area contributed by atoms with Crippen LogP contribution in [0.5, 0.6) is 0 Å². The molecule has 0 amide bonds. The van der Waals surface area contributed by atoms with Crippen molar-refractivity contribution in [2.45, 2.75) is 44.6 Å². The van der Waals surface area contributed by atoms with Crippen molar-refractivity contribution in [2.75, 3.05) is 0 Å². The molecule has 2 rings (SSSR count). The van der Waals surface area contributed by atoms with E-state index in [0.29, 0.717) is 0 Å². The van der Waals surface area contributed by atoms with Gasteiger partial charge in [0.2, 0.25) is 0 Å². The summed E-state index contributed by atoms with van der Waals surface area (Å²) in [6.07, 6.45) is 7.87. The lowest BCUT2D eigenvalue weighted by Crippen LogP contribution is -2.13. The summed E-state index contributed by atoms with van der Waals surface area (Å²) in [5.74, 6) is 1.24. The number of carbonyl (C=O) groups is 2. The van der Waals surface area contributed by atoms with E-state index in [2.05, 4.69) is 16.8 Å². The van der Waals surface area contributed by atoms with Crippen LogP contribution in [-0.4, -0.2) is 18.0 Å². The first kappa shape index (κ1) is 11.0. The predicted octanol–water partition coefficient (Wildman–Crippen LogP) is 1.39. The van der Waals surface area contributed by atoms with E-state index in [1.165, 1.54) is 0 Å². The summed E-state index contributed by atoms with van der Waals surface area (Å²) in [7, 11) is 0. The van der Waals surface area contributed by atoms with Crippen molar-refractivity contribution >= 4 is 11.9 Å². The molecule has 0 aromatic carbocycles. The molecule has 0 atom stereocenters. The lowest BCUT2D eigenvalue weighted by Gasteiger charge is -2.06. The molecule has 2 saturated carbocycles. The van der Waals surface area contributed by atoms with Crippen LogP contribution in [0.25, 0.3) is 0 Å².